The number of Topliss-reactive ketones (excluding diaryl/α,β-unsaturated/α-hetero) is 1. The third-order valence-electron chi connectivity index (χ3n) is 5.72. The largest absolute Gasteiger partial charge is 0.507 e. The lowest BCUT2D eigenvalue weighted by Gasteiger charge is -2.26. The summed E-state index contributed by atoms with van der Waals surface area (Å²) in [7, 11) is 0. The molecule has 4 heteroatoms. The Balaban J connectivity index is 1.97. The second-order valence-corrected chi connectivity index (χ2v) is 7.67. The van der Waals surface area contributed by atoms with Crippen LogP contribution >= 0.6 is 0 Å². The number of amides is 1. The molecule has 0 radical (unpaired) electrons. The Morgan fingerprint density at radius 2 is 1.47 bits per heavy atom. The van der Waals surface area contributed by atoms with E-state index in [4.69, 9.17) is 0 Å². The van der Waals surface area contributed by atoms with E-state index in [1.807, 2.05) is 87.5 Å². The molecule has 150 valence electrons. The number of hydrogen-bond donors (Lipinski definition) is 1. The Hall–Kier alpha value is -3.66. The van der Waals surface area contributed by atoms with Gasteiger partial charge in [-0.15, -0.1) is 0 Å². The first kappa shape index (κ1) is 19.6. The van der Waals surface area contributed by atoms with E-state index in [-0.39, 0.29) is 11.3 Å². The van der Waals surface area contributed by atoms with Crippen LogP contribution in [0.4, 0.5) is 5.69 Å². The van der Waals surface area contributed by atoms with Crippen LogP contribution in [0.1, 0.15) is 33.9 Å². The summed E-state index contributed by atoms with van der Waals surface area (Å²) in [6.45, 7) is 5.84. The molecule has 0 aromatic heterocycles. The molecular weight excluding hydrogens is 374 g/mol. The molecule has 1 heterocycles. The zero-order valence-electron chi connectivity index (χ0n) is 17.2. The van der Waals surface area contributed by atoms with Gasteiger partial charge in [0.25, 0.3) is 11.7 Å². The number of anilines is 1. The van der Waals surface area contributed by atoms with Crippen LogP contribution < -0.4 is 4.90 Å². The second kappa shape index (κ2) is 7.64. The van der Waals surface area contributed by atoms with E-state index >= 15 is 0 Å². The van der Waals surface area contributed by atoms with E-state index in [1.165, 1.54) is 4.90 Å². The number of rotatable bonds is 3. The second-order valence-electron chi connectivity index (χ2n) is 7.67. The van der Waals surface area contributed by atoms with Gasteiger partial charge in [-0.2, -0.15) is 0 Å². The summed E-state index contributed by atoms with van der Waals surface area (Å²) < 4.78 is 0. The molecule has 4 nitrogen and oxygen atoms in total. The van der Waals surface area contributed by atoms with Crippen LogP contribution in [-0.2, 0) is 9.59 Å². The van der Waals surface area contributed by atoms with Crippen molar-refractivity contribution in [1.82, 2.24) is 0 Å². The molecule has 1 N–H and O–H groups in total. The van der Waals surface area contributed by atoms with Crippen molar-refractivity contribution in [2.45, 2.75) is 26.8 Å². The van der Waals surface area contributed by atoms with Gasteiger partial charge in [0.1, 0.15) is 5.76 Å². The quantitative estimate of drug-likeness (QED) is 0.374. The molecule has 0 spiro atoms. The maximum Gasteiger partial charge on any atom is 0.300 e. The van der Waals surface area contributed by atoms with Crippen molar-refractivity contribution in [3.8, 4) is 0 Å². The number of nitrogens with zero attached hydrogens (tertiary/aromatic N) is 1. The number of ketones is 1. The summed E-state index contributed by atoms with van der Waals surface area (Å²) in [6.07, 6.45) is 0. The lowest BCUT2D eigenvalue weighted by molar-refractivity contribution is -0.132. The Labute approximate surface area is 176 Å². The Morgan fingerprint density at radius 3 is 2.13 bits per heavy atom. The summed E-state index contributed by atoms with van der Waals surface area (Å²) in [6, 6.07) is 21.6. The topological polar surface area (TPSA) is 57.6 Å². The number of hydrogen-bond acceptors (Lipinski definition) is 3. The van der Waals surface area contributed by atoms with Gasteiger partial charge in [0.2, 0.25) is 0 Å². The first-order valence-electron chi connectivity index (χ1n) is 9.89. The molecule has 1 aliphatic rings. The van der Waals surface area contributed by atoms with Gasteiger partial charge in [0, 0.05) is 11.3 Å². The van der Waals surface area contributed by atoms with Gasteiger partial charge in [-0.3, -0.25) is 14.5 Å². The molecule has 1 fully saturated rings. The number of aliphatic hydroxyl groups excluding tert-OH is 1. The van der Waals surface area contributed by atoms with Crippen LogP contribution in [0.3, 0.4) is 0 Å². The zero-order valence-corrected chi connectivity index (χ0v) is 17.2. The fourth-order valence-corrected chi connectivity index (χ4v) is 3.91. The van der Waals surface area contributed by atoms with Crippen molar-refractivity contribution in [3.05, 3.63) is 106 Å². The average molecular weight is 397 g/mol. The van der Waals surface area contributed by atoms with Crippen LogP contribution in [0, 0.1) is 20.8 Å². The highest BCUT2D eigenvalue weighted by Gasteiger charge is 2.47. The van der Waals surface area contributed by atoms with Crippen molar-refractivity contribution >= 4 is 23.1 Å². The molecule has 1 aliphatic heterocycles. The molecule has 4 rings (SSSR count). The van der Waals surface area contributed by atoms with Gasteiger partial charge in [-0.1, -0.05) is 60.7 Å². The monoisotopic (exact) mass is 397 g/mol. The van der Waals surface area contributed by atoms with Crippen molar-refractivity contribution < 1.29 is 14.7 Å². The van der Waals surface area contributed by atoms with E-state index in [0.717, 1.165) is 22.3 Å². The van der Waals surface area contributed by atoms with Gasteiger partial charge >= 0.3 is 0 Å². The Morgan fingerprint density at radius 1 is 0.800 bits per heavy atom. The maximum atomic E-state index is 13.1. The molecule has 3 aromatic rings. The third-order valence-corrected chi connectivity index (χ3v) is 5.72. The molecule has 3 aromatic carbocycles. The molecule has 0 bridgehead atoms. The Kier molecular flexibility index (Phi) is 5.00. The molecule has 1 atom stereocenters. The van der Waals surface area contributed by atoms with E-state index in [1.54, 1.807) is 6.07 Å². The summed E-state index contributed by atoms with van der Waals surface area (Å²) in [4.78, 5) is 27.8. The van der Waals surface area contributed by atoms with Gasteiger partial charge < -0.3 is 5.11 Å². The van der Waals surface area contributed by atoms with Gasteiger partial charge in [-0.05, 0) is 55.2 Å². The number of carbonyl (C=O) groups excluding carboxylic acids is 2. The zero-order chi connectivity index (χ0) is 21.4. The molecular formula is C26H23NO3. The SMILES string of the molecule is Cc1ccc(/C(O)=C2/C(=O)C(=O)N(c3ccccc3C)C2c2ccccc2)cc1C. The normalized spacial score (nSPS) is 18.1. The van der Waals surface area contributed by atoms with Crippen molar-refractivity contribution in [3.63, 3.8) is 0 Å². The predicted molar refractivity (Wildman–Crippen MR) is 118 cm³/mol. The molecule has 30 heavy (non-hydrogen) atoms. The van der Waals surface area contributed by atoms with Crippen LogP contribution in [0.5, 0.6) is 0 Å². The predicted octanol–water partition coefficient (Wildman–Crippen LogP) is 5.24. The first-order valence-corrected chi connectivity index (χ1v) is 9.89. The highest BCUT2D eigenvalue weighted by molar-refractivity contribution is 6.51. The van der Waals surface area contributed by atoms with E-state index < -0.39 is 17.7 Å². The minimum atomic E-state index is -0.700. The van der Waals surface area contributed by atoms with Gasteiger partial charge in [-0.25, -0.2) is 0 Å². The number of para-hydroxylation sites is 1. The van der Waals surface area contributed by atoms with Crippen molar-refractivity contribution in [2.24, 2.45) is 0 Å². The minimum absolute atomic E-state index is 0.109. The van der Waals surface area contributed by atoms with Crippen LogP contribution in [0.25, 0.3) is 5.76 Å². The van der Waals surface area contributed by atoms with E-state index in [0.29, 0.717) is 11.3 Å². The fraction of sp³-hybridized carbons (Fsp3) is 0.154. The lowest BCUT2D eigenvalue weighted by Crippen LogP contribution is -2.30. The summed E-state index contributed by atoms with van der Waals surface area (Å²) in [5, 5.41) is 11.2. The van der Waals surface area contributed by atoms with Gasteiger partial charge in [0.15, 0.2) is 0 Å². The number of aliphatic hydroxyl groups is 1. The average Bonchev–Trinajstić information content (AvgIpc) is 3.01. The molecule has 1 saturated heterocycles. The maximum absolute atomic E-state index is 13.1. The third kappa shape index (κ3) is 3.20. The molecule has 0 saturated carbocycles. The van der Waals surface area contributed by atoms with Crippen LogP contribution in [-0.4, -0.2) is 16.8 Å². The summed E-state index contributed by atoms with van der Waals surface area (Å²) in [5.41, 5.74) is 5.04. The summed E-state index contributed by atoms with van der Waals surface area (Å²) in [5.74, 6) is -1.47. The first-order chi connectivity index (χ1) is 14.4. The molecule has 1 unspecified atom stereocenters. The van der Waals surface area contributed by atoms with Crippen LogP contribution in [0.2, 0.25) is 0 Å². The van der Waals surface area contributed by atoms with Crippen molar-refractivity contribution in [1.29, 1.82) is 0 Å². The molecule has 1 amide bonds. The standard InChI is InChI=1S/C26H23NO3/c1-16-13-14-20(15-18(16)3)24(28)22-23(19-10-5-4-6-11-19)27(26(30)25(22)29)21-12-8-7-9-17(21)2/h4-15,23,28H,1-3H3/b24-22-. The molecule has 0 aliphatic carbocycles. The van der Waals surface area contributed by atoms with E-state index in [2.05, 4.69) is 0 Å². The van der Waals surface area contributed by atoms with Crippen molar-refractivity contribution in [2.75, 3.05) is 4.90 Å². The van der Waals surface area contributed by atoms with Gasteiger partial charge in [0.05, 0.1) is 11.6 Å². The minimum Gasteiger partial charge on any atom is -0.507 e. The lowest BCUT2D eigenvalue weighted by atomic mass is 9.94. The number of benzene rings is 3. The highest BCUT2D eigenvalue weighted by atomic mass is 16.3. The fourth-order valence-electron chi connectivity index (χ4n) is 3.91. The smallest absolute Gasteiger partial charge is 0.300 e. The van der Waals surface area contributed by atoms with E-state index in [9.17, 15) is 14.7 Å². The van der Waals surface area contributed by atoms with Crippen LogP contribution in [0.15, 0.2) is 78.4 Å². The Bertz CT molecular complexity index is 1180. The summed E-state index contributed by atoms with van der Waals surface area (Å²) >= 11 is 0. The number of carbonyl (C=O) groups is 2. The highest BCUT2D eigenvalue weighted by Crippen LogP contribution is 2.43. The number of aryl methyl sites for hydroxylation is 3.